The molecule has 2 aromatic rings. The molecule has 0 fully saturated rings. The van der Waals surface area contributed by atoms with E-state index in [0.717, 1.165) is 12.1 Å². The zero-order chi connectivity index (χ0) is 13.8. The number of benzene rings is 1. The van der Waals surface area contributed by atoms with E-state index in [1.807, 2.05) is 0 Å². The Kier molecular flexibility index (Phi) is 3.56. The van der Waals surface area contributed by atoms with E-state index < -0.39 is 16.4 Å². The van der Waals surface area contributed by atoms with Crippen LogP contribution in [0.15, 0.2) is 36.5 Å². The maximum atomic E-state index is 12.9. The highest BCUT2D eigenvalue weighted by atomic mass is 19.1. The molecule has 0 spiro atoms. The highest BCUT2D eigenvalue weighted by Gasteiger charge is 2.16. The summed E-state index contributed by atoms with van der Waals surface area (Å²) >= 11 is 0. The smallest absolute Gasteiger partial charge is 0.313 e. The second-order valence-corrected chi connectivity index (χ2v) is 3.74. The number of hydrogen-bond donors (Lipinski definition) is 1. The van der Waals surface area contributed by atoms with Gasteiger partial charge in [-0.15, -0.1) is 0 Å². The van der Waals surface area contributed by atoms with Crippen molar-refractivity contribution >= 4 is 11.4 Å². The lowest BCUT2D eigenvalue weighted by Crippen LogP contribution is -2.02. The quantitative estimate of drug-likeness (QED) is 0.675. The van der Waals surface area contributed by atoms with Gasteiger partial charge in [0.2, 0.25) is 0 Å². The van der Waals surface area contributed by atoms with Crippen molar-refractivity contribution in [3.63, 3.8) is 0 Å². The molecule has 19 heavy (non-hydrogen) atoms. The zero-order valence-electron chi connectivity index (χ0n) is 9.75. The second-order valence-electron chi connectivity index (χ2n) is 3.74. The summed E-state index contributed by atoms with van der Waals surface area (Å²) in [5.41, 5.74) is 6.19. The van der Waals surface area contributed by atoms with Crippen molar-refractivity contribution in [3.05, 3.63) is 58.2 Å². The molecular weight excluding hydrogens is 253 g/mol. The maximum Gasteiger partial charge on any atom is 0.313 e. The van der Waals surface area contributed by atoms with Gasteiger partial charge in [0.05, 0.1) is 16.7 Å². The summed E-state index contributed by atoms with van der Waals surface area (Å²) in [5.74, 6) is -0.711. The molecule has 0 bridgehead atoms. The minimum Gasteiger partial charge on any atom is -0.480 e. The van der Waals surface area contributed by atoms with Crippen LogP contribution in [0.5, 0.6) is 5.75 Å². The van der Waals surface area contributed by atoms with Crippen molar-refractivity contribution in [2.75, 3.05) is 5.73 Å². The maximum absolute atomic E-state index is 12.9. The number of nitro benzene ring substituents is 1. The van der Waals surface area contributed by atoms with E-state index in [2.05, 4.69) is 4.98 Å². The van der Waals surface area contributed by atoms with Gasteiger partial charge in [-0.25, -0.2) is 4.39 Å². The van der Waals surface area contributed by atoms with Gasteiger partial charge in [-0.2, -0.15) is 0 Å². The highest BCUT2D eigenvalue weighted by molar-refractivity contribution is 5.46. The summed E-state index contributed by atoms with van der Waals surface area (Å²) in [6, 6.07) is 6.32. The molecule has 0 atom stereocenters. The SMILES string of the molecule is Nc1ccnc(COc2ccc(F)cc2[N+](=O)[O-])c1. The van der Waals surface area contributed by atoms with Crippen molar-refractivity contribution in [2.24, 2.45) is 0 Å². The molecule has 7 heteroatoms. The Morgan fingerprint density at radius 2 is 2.16 bits per heavy atom. The molecule has 0 amide bonds. The average molecular weight is 263 g/mol. The first-order valence-electron chi connectivity index (χ1n) is 5.33. The molecular formula is C12H10FN3O3. The zero-order valence-corrected chi connectivity index (χ0v) is 9.75. The van der Waals surface area contributed by atoms with Crippen LogP contribution in [0, 0.1) is 15.9 Å². The minimum absolute atomic E-state index is 0.0114. The first-order chi connectivity index (χ1) is 9.06. The first-order valence-corrected chi connectivity index (χ1v) is 5.33. The number of rotatable bonds is 4. The summed E-state index contributed by atoms with van der Waals surface area (Å²) in [6.07, 6.45) is 1.51. The van der Waals surface area contributed by atoms with Crippen LogP contribution in [0.3, 0.4) is 0 Å². The van der Waals surface area contributed by atoms with E-state index in [4.69, 9.17) is 10.5 Å². The van der Waals surface area contributed by atoms with Gasteiger partial charge >= 0.3 is 5.69 Å². The molecule has 0 aliphatic rings. The Bertz CT molecular complexity index is 619. The van der Waals surface area contributed by atoms with Crippen LogP contribution < -0.4 is 10.5 Å². The molecule has 2 N–H and O–H groups in total. The summed E-state index contributed by atoms with van der Waals surface area (Å²) < 4.78 is 18.2. The number of pyridine rings is 1. The molecule has 0 radical (unpaired) electrons. The third-order valence-electron chi connectivity index (χ3n) is 2.33. The summed E-state index contributed by atoms with van der Waals surface area (Å²) in [7, 11) is 0. The van der Waals surface area contributed by atoms with Gasteiger partial charge in [-0.05, 0) is 24.3 Å². The lowest BCUT2D eigenvalue weighted by Gasteiger charge is -2.06. The van der Waals surface area contributed by atoms with Crippen LogP contribution >= 0.6 is 0 Å². The molecule has 6 nitrogen and oxygen atoms in total. The number of aromatic nitrogens is 1. The van der Waals surface area contributed by atoms with E-state index in [0.29, 0.717) is 11.4 Å². The topological polar surface area (TPSA) is 91.3 Å². The molecule has 0 saturated heterocycles. The fourth-order valence-electron chi connectivity index (χ4n) is 1.48. The number of hydrogen-bond acceptors (Lipinski definition) is 5. The molecule has 1 aromatic carbocycles. The first kappa shape index (κ1) is 12.7. The second kappa shape index (κ2) is 5.30. The highest BCUT2D eigenvalue weighted by Crippen LogP contribution is 2.28. The van der Waals surface area contributed by atoms with E-state index >= 15 is 0 Å². The lowest BCUT2D eigenvalue weighted by atomic mass is 10.3. The summed E-state index contributed by atoms with van der Waals surface area (Å²) in [6.45, 7) is 0.0114. The third-order valence-corrected chi connectivity index (χ3v) is 2.33. The number of nitro groups is 1. The molecule has 1 heterocycles. The molecule has 98 valence electrons. The molecule has 2 rings (SSSR count). The fraction of sp³-hybridized carbons (Fsp3) is 0.0833. The number of nitrogens with two attached hydrogens (primary N) is 1. The summed E-state index contributed by atoms with van der Waals surface area (Å²) in [5, 5.41) is 10.8. The van der Waals surface area contributed by atoms with Crippen LogP contribution in [0.2, 0.25) is 0 Å². The molecule has 0 unspecified atom stereocenters. The van der Waals surface area contributed by atoms with E-state index in [1.54, 1.807) is 12.1 Å². The van der Waals surface area contributed by atoms with Gasteiger partial charge in [0, 0.05) is 11.9 Å². The Balaban J connectivity index is 2.17. The predicted octanol–water partition coefficient (Wildman–Crippen LogP) is 2.29. The van der Waals surface area contributed by atoms with Crippen molar-refractivity contribution in [2.45, 2.75) is 6.61 Å². The van der Waals surface area contributed by atoms with Gasteiger partial charge in [0.1, 0.15) is 12.4 Å². The van der Waals surface area contributed by atoms with E-state index in [1.165, 1.54) is 12.3 Å². The molecule has 0 aliphatic carbocycles. The molecule has 1 aromatic heterocycles. The van der Waals surface area contributed by atoms with Gasteiger partial charge in [-0.1, -0.05) is 0 Å². The lowest BCUT2D eigenvalue weighted by molar-refractivity contribution is -0.386. The Labute approximate surface area is 107 Å². The van der Waals surface area contributed by atoms with Crippen molar-refractivity contribution in [1.29, 1.82) is 0 Å². The standard InChI is InChI=1S/C12H10FN3O3/c13-8-1-2-12(11(5-8)16(17)18)19-7-10-6-9(14)3-4-15-10/h1-6H,7H2,(H2,14,15). The number of nitrogens with zero attached hydrogens (tertiary/aromatic N) is 2. The third kappa shape index (κ3) is 3.15. The van der Waals surface area contributed by atoms with E-state index in [-0.39, 0.29) is 12.4 Å². The van der Waals surface area contributed by atoms with Gasteiger partial charge in [-0.3, -0.25) is 15.1 Å². The summed E-state index contributed by atoms with van der Waals surface area (Å²) in [4.78, 5) is 14.1. The van der Waals surface area contributed by atoms with Crippen molar-refractivity contribution < 1.29 is 14.1 Å². The minimum atomic E-state index is -0.703. The monoisotopic (exact) mass is 263 g/mol. The van der Waals surface area contributed by atoms with Gasteiger partial charge < -0.3 is 10.5 Å². The Morgan fingerprint density at radius 3 is 2.84 bits per heavy atom. The van der Waals surface area contributed by atoms with Crippen LogP contribution in [0.1, 0.15) is 5.69 Å². The normalized spacial score (nSPS) is 10.2. The number of halogens is 1. The average Bonchev–Trinajstić information content (AvgIpc) is 2.37. The van der Waals surface area contributed by atoms with Crippen LogP contribution in [0.4, 0.5) is 15.8 Å². The number of anilines is 1. The number of ether oxygens (including phenoxy) is 1. The molecule has 0 aliphatic heterocycles. The van der Waals surface area contributed by atoms with Crippen molar-refractivity contribution in [3.8, 4) is 5.75 Å². The number of nitrogen functional groups attached to an aromatic ring is 1. The van der Waals surface area contributed by atoms with Crippen LogP contribution in [-0.4, -0.2) is 9.91 Å². The Hall–Kier alpha value is -2.70. The largest absolute Gasteiger partial charge is 0.480 e. The molecule has 0 saturated carbocycles. The van der Waals surface area contributed by atoms with Crippen LogP contribution in [0.25, 0.3) is 0 Å². The van der Waals surface area contributed by atoms with Gasteiger partial charge in [0.25, 0.3) is 0 Å². The fourth-order valence-corrected chi connectivity index (χ4v) is 1.48. The predicted molar refractivity (Wildman–Crippen MR) is 66.0 cm³/mol. The van der Waals surface area contributed by atoms with E-state index in [9.17, 15) is 14.5 Å². The Morgan fingerprint density at radius 1 is 1.37 bits per heavy atom. The van der Waals surface area contributed by atoms with Gasteiger partial charge in [0.15, 0.2) is 5.75 Å². The van der Waals surface area contributed by atoms with Crippen molar-refractivity contribution in [1.82, 2.24) is 4.98 Å². The van der Waals surface area contributed by atoms with Crippen LogP contribution in [-0.2, 0) is 6.61 Å².